The Balaban J connectivity index is 1.93. The molecule has 3 rings (SSSR count). The van der Waals surface area contributed by atoms with Crippen LogP contribution in [0, 0.1) is 0 Å². The van der Waals surface area contributed by atoms with Crippen LogP contribution in [0.15, 0.2) is 61.3 Å². The van der Waals surface area contributed by atoms with Crippen LogP contribution < -0.4 is 0 Å². The predicted molar refractivity (Wildman–Crippen MR) is 68.8 cm³/mol. The lowest BCUT2D eigenvalue weighted by Crippen LogP contribution is -2.02. The van der Waals surface area contributed by atoms with Gasteiger partial charge in [0.25, 0.3) is 0 Å². The van der Waals surface area contributed by atoms with Gasteiger partial charge in [0.15, 0.2) is 0 Å². The van der Waals surface area contributed by atoms with Crippen molar-refractivity contribution >= 4 is 0 Å². The monoisotopic (exact) mass is 236 g/mol. The molecule has 0 N–H and O–H groups in total. The van der Waals surface area contributed by atoms with E-state index >= 15 is 0 Å². The molecule has 0 radical (unpaired) electrons. The van der Waals surface area contributed by atoms with E-state index in [4.69, 9.17) is 0 Å². The van der Waals surface area contributed by atoms with Crippen molar-refractivity contribution < 1.29 is 0 Å². The van der Waals surface area contributed by atoms with Gasteiger partial charge in [0, 0.05) is 36.5 Å². The molecule has 0 aliphatic heterocycles. The van der Waals surface area contributed by atoms with E-state index in [9.17, 15) is 0 Å². The highest BCUT2D eigenvalue weighted by Gasteiger charge is 2.06. The first-order chi connectivity index (χ1) is 8.93. The second-order valence-electron chi connectivity index (χ2n) is 3.94. The molecule has 0 spiro atoms. The highest BCUT2D eigenvalue weighted by Crippen LogP contribution is 2.16. The molecule has 0 unspecified atom stereocenters. The Hall–Kier alpha value is -2.49. The molecule has 4 heteroatoms. The van der Waals surface area contributed by atoms with Crippen LogP contribution in [-0.4, -0.2) is 19.5 Å². The van der Waals surface area contributed by atoms with Gasteiger partial charge in [-0.15, -0.1) is 0 Å². The molecule has 3 heterocycles. The van der Waals surface area contributed by atoms with Crippen molar-refractivity contribution in [1.29, 1.82) is 0 Å². The topological polar surface area (TPSA) is 43.6 Å². The molecule has 0 saturated heterocycles. The normalized spacial score (nSPS) is 10.4. The van der Waals surface area contributed by atoms with Crippen molar-refractivity contribution in [3.05, 3.63) is 67.0 Å². The van der Waals surface area contributed by atoms with Crippen LogP contribution in [0.3, 0.4) is 0 Å². The van der Waals surface area contributed by atoms with Crippen molar-refractivity contribution in [3.8, 4) is 11.4 Å². The number of hydrogen-bond donors (Lipinski definition) is 0. The lowest BCUT2D eigenvalue weighted by Gasteiger charge is -2.06. The summed E-state index contributed by atoms with van der Waals surface area (Å²) in [6, 6.07) is 9.83. The number of hydrogen-bond acceptors (Lipinski definition) is 3. The molecule has 18 heavy (non-hydrogen) atoms. The van der Waals surface area contributed by atoms with E-state index in [1.54, 1.807) is 18.6 Å². The zero-order chi connectivity index (χ0) is 12.2. The molecule has 4 nitrogen and oxygen atoms in total. The third kappa shape index (κ3) is 2.13. The second kappa shape index (κ2) is 4.79. The van der Waals surface area contributed by atoms with Crippen molar-refractivity contribution in [3.63, 3.8) is 0 Å². The molecule has 0 atom stereocenters. The molecular weight excluding hydrogens is 224 g/mol. The average Bonchev–Trinajstić information content (AvgIpc) is 2.89. The Kier molecular flexibility index (Phi) is 2.84. The molecule has 0 aliphatic rings. The van der Waals surface area contributed by atoms with Gasteiger partial charge in [0.2, 0.25) is 0 Å². The van der Waals surface area contributed by atoms with Gasteiger partial charge >= 0.3 is 0 Å². The maximum Gasteiger partial charge on any atom is 0.141 e. The Morgan fingerprint density at radius 3 is 2.72 bits per heavy atom. The first-order valence-electron chi connectivity index (χ1n) is 5.75. The molecule has 3 aromatic rings. The first-order valence-corrected chi connectivity index (χ1v) is 5.75. The van der Waals surface area contributed by atoms with E-state index in [0.29, 0.717) is 6.54 Å². The Morgan fingerprint density at radius 2 is 1.94 bits per heavy atom. The van der Waals surface area contributed by atoms with Crippen molar-refractivity contribution in [1.82, 2.24) is 19.5 Å². The standard InChI is InChI=1S/C14H12N4/c1-2-7-16-13(5-1)11-18-9-8-17-14(18)12-4-3-6-15-10-12/h1-10H,11H2. The Labute approximate surface area is 105 Å². The van der Waals surface area contributed by atoms with E-state index in [1.165, 1.54) is 0 Å². The van der Waals surface area contributed by atoms with E-state index in [-0.39, 0.29) is 0 Å². The third-order valence-corrected chi connectivity index (χ3v) is 2.69. The fourth-order valence-electron chi connectivity index (χ4n) is 1.86. The molecule has 88 valence electrons. The van der Waals surface area contributed by atoms with Crippen molar-refractivity contribution in [2.45, 2.75) is 6.54 Å². The summed E-state index contributed by atoms with van der Waals surface area (Å²) in [5.74, 6) is 0.911. The first kappa shape index (κ1) is 10.7. The highest BCUT2D eigenvalue weighted by molar-refractivity contribution is 5.53. The molecule has 3 aromatic heterocycles. The van der Waals surface area contributed by atoms with Crippen LogP contribution in [-0.2, 0) is 6.54 Å². The smallest absolute Gasteiger partial charge is 0.141 e. The number of imidazole rings is 1. The zero-order valence-electron chi connectivity index (χ0n) is 9.77. The summed E-state index contributed by atoms with van der Waals surface area (Å²) in [6.07, 6.45) is 9.13. The summed E-state index contributed by atoms with van der Waals surface area (Å²) >= 11 is 0. The SMILES string of the molecule is c1ccc(Cn2ccnc2-c2cccnc2)nc1. The summed E-state index contributed by atoms with van der Waals surface area (Å²) in [4.78, 5) is 12.8. The molecule has 0 amide bonds. The van der Waals surface area contributed by atoms with Gasteiger partial charge in [-0.2, -0.15) is 0 Å². The second-order valence-corrected chi connectivity index (χ2v) is 3.94. The van der Waals surface area contributed by atoms with Gasteiger partial charge in [0.1, 0.15) is 5.82 Å². The van der Waals surface area contributed by atoms with Crippen LogP contribution in [0.5, 0.6) is 0 Å². The molecule has 0 saturated carbocycles. The van der Waals surface area contributed by atoms with E-state index in [1.807, 2.05) is 42.7 Å². The Bertz CT molecular complexity index is 617. The number of pyridine rings is 2. The van der Waals surface area contributed by atoms with Crippen LogP contribution in [0.2, 0.25) is 0 Å². The number of nitrogens with zero attached hydrogens (tertiary/aromatic N) is 4. The molecular formula is C14H12N4. The Morgan fingerprint density at radius 1 is 0.944 bits per heavy atom. The van der Waals surface area contributed by atoms with Crippen molar-refractivity contribution in [2.24, 2.45) is 0 Å². The van der Waals surface area contributed by atoms with E-state index in [2.05, 4.69) is 19.5 Å². The van der Waals surface area contributed by atoms with E-state index < -0.39 is 0 Å². The lowest BCUT2D eigenvalue weighted by atomic mass is 10.2. The predicted octanol–water partition coefficient (Wildman–Crippen LogP) is 2.39. The van der Waals surface area contributed by atoms with Gasteiger partial charge in [-0.25, -0.2) is 4.98 Å². The van der Waals surface area contributed by atoms with Gasteiger partial charge in [-0.3, -0.25) is 9.97 Å². The minimum atomic E-state index is 0.713. The minimum Gasteiger partial charge on any atom is -0.325 e. The number of aromatic nitrogens is 4. The molecule has 0 aliphatic carbocycles. The van der Waals surface area contributed by atoms with Crippen LogP contribution in [0.1, 0.15) is 5.69 Å². The van der Waals surface area contributed by atoms with Gasteiger partial charge in [-0.1, -0.05) is 6.07 Å². The summed E-state index contributed by atoms with van der Waals surface area (Å²) in [6.45, 7) is 0.713. The largest absolute Gasteiger partial charge is 0.325 e. The van der Waals surface area contributed by atoms with E-state index in [0.717, 1.165) is 17.1 Å². The quantitative estimate of drug-likeness (QED) is 0.701. The zero-order valence-corrected chi connectivity index (χ0v) is 9.77. The summed E-state index contributed by atoms with van der Waals surface area (Å²) in [5.41, 5.74) is 2.03. The fraction of sp³-hybridized carbons (Fsp3) is 0.0714. The summed E-state index contributed by atoms with van der Waals surface area (Å²) < 4.78 is 2.07. The van der Waals surface area contributed by atoms with Crippen molar-refractivity contribution in [2.75, 3.05) is 0 Å². The molecule has 0 fully saturated rings. The fourth-order valence-corrected chi connectivity index (χ4v) is 1.86. The summed E-state index contributed by atoms with van der Waals surface area (Å²) in [7, 11) is 0. The van der Waals surface area contributed by atoms with Crippen LogP contribution in [0.25, 0.3) is 11.4 Å². The summed E-state index contributed by atoms with van der Waals surface area (Å²) in [5, 5.41) is 0. The van der Waals surface area contributed by atoms with Gasteiger partial charge < -0.3 is 4.57 Å². The maximum absolute atomic E-state index is 4.38. The molecule has 0 aromatic carbocycles. The third-order valence-electron chi connectivity index (χ3n) is 2.69. The average molecular weight is 236 g/mol. The van der Waals surface area contributed by atoms with Gasteiger partial charge in [0.05, 0.1) is 12.2 Å². The van der Waals surface area contributed by atoms with Crippen LogP contribution >= 0.6 is 0 Å². The van der Waals surface area contributed by atoms with Gasteiger partial charge in [-0.05, 0) is 24.3 Å². The minimum absolute atomic E-state index is 0.713. The van der Waals surface area contributed by atoms with Crippen LogP contribution in [0.4, 0.5) is 0 Å². The lowest BCUT2D eigenvalue weighted by molar-refractivity contribution is 0.781. The maximum atomic E-state index is 4.38. The highest BCUT2D eigenvalue weighted by atomic mass is 15.1. The molecule has 0 bridgehead atoms. The number of rotatable bonds is 3.